The quantitative estimate of drug-likeness (QED) is 0.542. The molecular formula is C18H18F3NO. The first-order valence-electron chi connectivity index (χ1n) is 7.56. The molecule has 0 atom stereocenters. The molecule has 0 N–H and O–H groups in total. The van der Waals surface area contributed by atoms with Crippen LogP contribution in [0.3, 0.4) is 0 Å². The maximum Gasteiger partial charge on any atom is 0.573 e. The molecule has 122 valence electrons. The minimum Gasteiger partial charge on any atom is -0.406 e. The highest BCUT2D eigenvalue weighted by atomic mass is 19.4. The molecule has 0 bridgehead atoms. The Kier molecular flexibility index (Phi) is 5.86. The summed E-state index contributed by atoms with van der Waals surface area (Å²) in [5.74, 6) is 0.707. The SMILES string of the molecule is N#C/C=C/C=C/C1CCC(c2ccc(OC(F)(F)F)cc2)CC1. The van der Waals surface area contributed by atoms with Crippen molar-refractivity contribution in [2.24, 2.45) is 5.92 Å². The van der Waals surface area contributed by atoms with E-state index in [0.717, 1.165) is 31.2 Å². The third-order valence-electron chi connectivity index (χ3n) is 4.02. The van der Waals surface area contributed by atoms with E-state index in [-0.39, 0.29) is 5.75 Å². The lowest BCUT2D eigenvalue weighted by Gasteiger charge is -2.27. The molecule has 0 aromatic heterocycles. The van der Waals surface area contributed by atoms with Crippen molar-refractivity contribution >= 4 is 0 Å². The highest BCUT2D eigenvalue weighted by Crippen LogP contribution is 2.37. The van der Waals surface area contributed by atoms with Crippen LogP contribution in [-0.4, -0.2) is 6.36 Å². The van der Waals surface area contributed by atoms with Crippen molar-refractivity contribution in [1.29, 1.82) is 5.26 Å². The van der Waals surface area contributed by atoms with Gasteiger partial charge in [-0.3, -0.25) is 0 Å². The molecule has 0 amide bonds. The fraction of sp³-hybridized carbons (Fsp3) is 0.389. The summed E-state index contributed by atoms with van der Waals surface area (Å²) in [5.41, 5.74) is 1.06. The van der Waals surface area contributed by atoms with Gasteiger partial charge in [-0.1, -0.05) is 30.4 Å². The topological polar surface area (TPSA) is 33.0 Å². The molecule has 0 aliphatic heterocycles. The van der Waals surface area contributed by atoms with Gasteiger partial charge >= 0.3 is 6.36 Å². The second kappa shape index (κ2) is 7.87. The first-order chi connectivity index (χ1) is 11.0. The van der Waals surface area contributed by atoms with Crippen LogP contribution in [0.5, 0.6) is 5.75 Å². The normalized spacial score (nSPS) is 22.3. The molecule has 1 aromatic rings. The number of hydrogen-bond donors (Lipinski definition) is 0. The van der Waals surface area contributed by atoms with Crippen molar-refractivity contribution in [1.82, 2.24) is 0 Å². The Morgan fingerprint density at radius 1 is 1.04 bits per heavy atom. The van der Waals surface area contributed by atoms with Gasteiger partial charge < -0.3 is 4.74 Å². The van der Waals surface area contributed by atoms with Crippen molar-refractivity contribution in [3.8, 4) is 11.8 Å². The predicted molar refractivity (Wildman–Crippen MR) is 81.7 cm³/mol. The van der Waals surface area contributed by atoms with Crippen LogP contribution in [0.2, 0.25) is 0 Å². The number of halogens is 3. The van der Waals surface area contributed by atoms with E-state index in [0.29, 0.717) is 11.8 Å². The second-order valence-electron chi connectivity index (χ2n) is 5.60. The van der Waals surface area contributed by atoms with Gasteiger partial charge in [-0.15, -0.1) is 13.2 Å². The zero-order valence-corrected chi connectivity index (χ0v) is 12.6. The summed E-state index contributed by atoms with van der Waals surface area (Å²) >= 11 is 0. The lowest BCUT2D eigenvalue weighted by Crippen LogP contribution is -2.17. The molecule has 2 nitrogen and oxygen atoms in total. The summed E-state index contributed by atoms with van der Waals surface area (Å²) in [6, 6.07) is 8.13. The molecule has 0 unspecified atom stereocenters. The van der Waals surface area contributed by atoms with Gasteiger partial charge in [-0.2, -0.15) is 5.26 Å². The Morgan fingerprint density at radius 3 is 2.26 bits per heavy atom. The molecule has 1 aliphatic rings. The van der Waals surface area contributed by atoms with Gasteiger partial charge in [0.1, 0.15) is 5.75 Å². The predicted octanol–water partition coefficient (Wildman–Crippen LogP) is 5.49. The molecule has 23 heavy (non-hydrogen) atoms. The Labute approximate surface area is 133 Å². The van der Waals surface area contributed by atoms with Crippen LogP contribution in [0.4, 0.5) is 13.2 Å². The highest BCUT2D eigenvalue weighted by molar-refractivity contribution is 5.30. The van der Waals surface area contributed by atoms with Gasteiger partial charge in [0.25, 0.3) is 0 Å². The van der Waals surface area contributed by atoms with Crippen molar-refractivity contribution in [3.05, 3.63) is 54.1 Å². The zero-order valence-electron chi connectivity index (χ0n) is 12.6. The van der Waals surface area contributed by atoms with Crippen LogP contribution in [0.25, 0.3) is 0 Å². The molecule has 0 radical (unpaired) electrons. The molecule has 0 heterocycles. The van der Waals surface area contributed by atoms with E-state index in [1.807, 2.05) is 12.1 Å². The largest absolute Gasteiger partial charge is 0.573 e. The standard InChI is InChI=1S/C18H18F3NO/c19-18(20,21)23-17-11-9-16(10-12-17)15-7-5-14(6-8-15)4-2-1-3-13-22/h1-4,9-12,14-15H,5-8H2/b3-1+,4-2+. The number of nitrogens with zero attached hydrogens (tertiary/aromatic N) is 1. The number of benzene rings is 1. The summed E-state index contributed by atoms with van der Waals surface area (Å²) in [4.78, 5) is 0. The zero-order chi connectivity index (χ0) is 16.7. The third kappa shape index (κ3) is 5.82. The molecular weight excluding hydrogens is 303 g/mol. The van der Waals surface area contributed by atoms with Crippen LogP contribution in [0.1, 0.15) is 37.2 Å². The number of alkyl halides is 3. The minimum atomic E-state index is -4.65. The van der Waals surface area contributed by atoms with E-state index in [9.17, 15) is 13.2 Å². The Balaban J connectivity index is 1.87. The van der Waals surface area contributed by atoms with E-state index in [1.54, 1.807) is 18.2 Å². The number of rotatable bonds is 4. The molecule has 0 spiro atoms. The van der Waals surface area contributed by atoms with Gasteiger partial charge in [0.2, 0.25) is 0 Å². The first kappa shape index (κ1) is 17.1. The lowest BCUT2D eigenvalue weighted by molar-refractivity contribution is -0.274. The summed E-state index contributed by atoms with van der Waals surface area (Å²) in [7, 11) is 0. The number of nitriles is 1. The molecule has 0 saturated heterocycles. The molecule has 2 rings (SSSR count). The van der Waals surface area contributed by atoms with Crippen molar-refractivity contribution in [2.45, 2.75) is 38.0 Å². The van der Waals surface area contributed by atoms with E-state index >= 15 is 0 Å². The first-order valence-corrected chi connectivity index (χ1v) is 7.56. The van der Waals surface area contributed by atoms with Crippen molar-refractivity contribution in [3.63, 3.8) is 0 Å². The van der Waals surface area contributed by atoms with Gasteiger partial charge in [-0.05, 0) is 55.2 Å². The average molecular weight is 321 g/mol. The van der Waals surface area contributed by atoms with E-state index in [2.05, 4.69) is 10.8 Å². The van der Waals surface area contributed by atoms with Crippen LogP contribution >= 0.6 is 0 Å². The lowest BCUT2D eigenvalue weighted by atomic mass is 9.78. The maximum absolute atomic E-state index is 12.1. The Hall–Kier alpha value is -2.22. The Bertz CT molecular complexity index is 588. The average Bonchev–Trinajstić information content (AvgIpc) is 2.52. The fourth-order valence-corrected chi connectivity index (χ4v) is 2.91. The fourth-order valence-electron chi connectivity index (χ4n) is 2.91. The molecule has 1 saturated carbocycles. The van der Waals surface area contributed by atoms with Crippen LogP contribution in [-0.2, 0) is 0 Å². The molecule has 5 heteroatoms. The van der Waals surface area contributed by atoms with Crippen molar-refractivity contribution in [2.75, 3.05) is 0 Å². The Morgan fingerprint density at radius 2 is 1.70 bits per heavy atom. The smallest absolute Gasteiger partial charge is 0.406 e. The van der Waals surface area contributed by atoms with E-state index in [4.69, 9.17) is 5.26 Å². The molecule has 1 aromatic carbocycles. The van der Waals surface area contributed by atoms with E-state index < -0.39 is 6.36 Å². The second-order valence-corrected chi connectivity index (χ2v) is 5.60. The van der Waals surface area contributed by atoms with E-state index in [1.165, 1.54) is 18.2 Å². The van der Waals surface area contributed by atoms with Crippen LogP contribution in [0.15, 0.2) is 48.6 Å². The minimum absolute atomic E-state index is 0.179. The number of hydrogen-bond acceptors (Lipinski definition) is 2. The molecule has 1 fully saturated rings. The summed E-state index contributed by atoms with van der Waals surface area (Å²) in [6.07, 6.45) is 6.64. The van der Waals surface area contributed by atoms with Gasteiger partial charge in [0, 0.05) is 6.08 Å². The summed E-state index contributed by atoms with van der Waals surface area (Å²) in [5, 5.41) is 8.40. The van der Waals surface area contributed by atoms with Gasteiger partial charge in [-0.25, -0.2) is 0 Å². The van der Waals surface area contributed by atoms with Crippen molar-refractivity contribution < 1.29 is 17.9 Å². The number of allylic oxidation sites excluding steroid dienone is 4. The highest BCUT2D eigenvalue weighted by Gasteiger charge is 2.31. The van der Waals surface area contributed by atoms with Crippen LogP contribution < -0.4 is 4.74 Å². The monoisotopic (exact) mass is 321 g/mol. The number of ether oxygens (including phenoxy) is 1. The van der Waals surface area contributed by atoms with Crippen LogP contribution in [0, 0.1) is 17.2 Å². The third-order valence-corrected chi connectivity index (χ3v) is 4.02. The molecule has 1 aliphatic carbocycles. The van der Waals surface area contributed by atoms with Gasteiger partial charge in [0.15, 0.2) is 0 Å². The summed E-state index contributed by atoms with van der Waals surface area (Å²) < 4.78 is 40.3. The maximum atomic E-state index is 12.1. The van der Waals surface area contributed by atoms with Gasteiger partial charge in [0.05, 0.1) is 6.07 Å². The summed E-state index contributed by atoms with van der Waals surface area (Å²) in [6.45, 7) is 0.